The van der Waals surface area contributed by atoms with Crippen molar-refractivity contribution in [3.05, 3.63) is 23.8 Å². The molecule has 2 saturated carbocycles. The Balaban J connectivity index is 2.24. The second-order valence-corrected chi connectivity index (χ2v) is 5.86. The first kappa shape index (κ1) is 16.4. The van der Waals surface area contributed by atoms with Crippen molar-refractivity contribution in [3.63, 3.8) is 0 Å². The molecule has 21 heavy (non-hydrogen) atoms. The normalized spacial score (nSPS) is 32.3. The fourth-order valence-corrected chi connectivity index (χ4v) is 3.70. The minimum atomic E-state index is -5.74. The van der Waals surface area contributed by atoms with E-state index in [4.69, 9.17) is 0 Å². The van der Waals surface area contributed by atoms with E-state index in [1.807, 2.05) is 6.08 Å². The third-order valence-corrected chi connectivity index (χ3v) is 4.76. The molecule has 0 aromatic heterocycles. The average Bonchev–Trinajstić information content (AvgIpc) is 2.82. The van der Waals surface area contributed by atoms with Gasteiger partial charge in [0.1, 0.15) is 0 Å². The molecule has 0 aromatic rings. The van der Waals surface area contributed by atoms with E-state index in [2.05, 4.69) is 6.58 Å². The summed E-state index contributed by atoms with van der Waals surface area (Å²) in [6.45, 7) is 5.56. The second-order valence-electron chi connectivity index (χ2n) is 5.86. The van der Waals surface area contributed by atoms with Crippen LogP contribution in [0.3, 0.4) is 0 Å². The molecule has 7 heteroatoms. The largest absolute Gasteiger partial charge is 0.426 e. The first-order chi connectivity index (χ1) is 9.42. The molecule has 0 radical (unpaired) electrons. The average molecular weight is 314 g/mol. The van der Waals surface area contributed by atoms with Crippen LogP contribution in [0.2, 0.25) is 0 Å². The Morgan fingerprint density at radius 2 is 1.67 bits per heavy atom. The number of fused-ring (bicyclic) bond motifs is 2. The van der Waals surface area contributed by atoms with Crippen LogP contribution in [0, 0.1) is 17.8 Å². The molecule has 1 N–H and O–H groups in total. The van der Waals surface area contributed by atoms with Crippen LogP contribution in [-0.4, -0.2) is 23.1 Å². The first-order valence-corrected chi connectivity index (χ1v) is 6.63. The number of hydrogen-bond donors (Lipinski definition) is 1. The van der Waals surface area contributed by atoms with Gasteiger partial charge in [-0.2, -0.15) is 26.3 Å². The number of aliphatic hydroxyl groups is 1. The van der Waals surface area contributed by atoms with Gasteiger partial charge in [-0.1, -0.05) is 12.7 Å². The maximum atomic E-state index is 12.7. The van der Waals surface area contributed by atoms with Gasteiger partial charge in [0.25, 0.3) is 5.60 Å². The van der Waals surface area contributed by atoms with E-state index < -0.39 is 36.2 Å². The summed E-state index contributed by atoms with van der Waals surface area (Å²) in [5.74, 6) is -1.29. The predicted octanol–water partition coefficient (Wildman–Crippen LogP) is 4.39. The lowest BCUT2D eigenvalue weighted by molar-refractivity contribution is -0.373. The molecule has 0 heterocycles. The van der Waals surface area contributed by atoms with Crippen molar-refractivity contribution in [1.29, 1.82) is 0 Å². The molecule has 0 saturated heterocycles. The molecule has 2 aliphatic carbocycles. The Morgan fingerprint density at radius 3 is 2.05 bits per heavy atom. The lowest BCUT2D eigenvalue weighted by Crippen LogP contribution is -2.58. The highest BCUT2D eigenvalue weighted by Crippen LogP contribution is 2.58. The molecule has 0 amide bonds. The molecule has 3 atom stereocenters. The van der Waals surface area contributed by atoms with Crippen LogP contribution in [0.15, 0.2) is 23.8 Å². The van der Waals surface area contributed by atoms with Crippen LogP contribution in [-0.2, 0) is 0 Å². The minimum absolute atomic E-state index is 0.0387. The molecule has 0 spiro atoms. The van der Waals surface area contributed by atoms with Crippen molar-refractivity contribution in [3.8, 4) is 0 Å². The molecule has 2 aliphatic rings. The van der Waals surface area contributed by atoms with Gasteiger partial charge >= 0.3 is 12.4 Å². The van der Waals surface area contributed by atoms with Crippen molar-refractivity contribution in [2.24, 2.45) is 17.8 Å². The van der Waals surface area contributed by atoms with E-state index in [9.17, 15) is 31.4 Å². The summed E-state index contributed by atoms with van der Waals surface area (Å²) in [7, 11) is 0. The summed E-state index contributed by atoms with van der Waals surface area (Å²) in [5.41, 5.74) is -3.10. The molecule has 0 aliphatic heterocycles. The zero-order valence-electron chi connectivity index (χ0n) is 11.4. The molecule has 2 rings (SSSR count). The summed E-state index contributed by atoms with van der Waals surface area (Å²) in [6, 6.07) is 0. The minimum Gasteiger partial charge on any atom is -0.374 e. The topological polar surface area (TPSA) is 20.2 Å². The Kier molecular flexibility index (Phi) is 3.72. The van der Waals surface area contributed by atoms with Crippen LogP contribution in [0.25, 0.3) is 0 Å². The van der Waals surface area contributed by atoms with Crippen molar-refractivity contribution in [1.82, 2.24) is 0 Å². The Morgan fingerprint density at radius 1 is 1.14 bits per heavy atom. The van der Waals surface area contributed by atoms with Gasteiger partial charge in [-0.3, -0.25) is 0 Å². The summed E-state index contributed by atoms with van der Waals surface area (Å²) in [4.78, 5) is 0. The molecule has 2 bridgehead atoms. The Bertz CT molecular complexity index is 459. The Labute approximate surface area is 118 Å². The van der Waals surface area contributed by atoms with Gasteiger partial charge in [-0.05, 0) is 55.1 Å². The highest BCUT2D eigenvalue weighted by molar-refractivity contribution is 5.41. The smallest absolute Gasteiger partial charge is 0.374 e. The van der Waals surface area contributed by atoms with Gasteiger partial charge in [0.15, 0.2) is 0 Å². The van der Waals surface area contributed by atoms with Crippen LogP contribution in [0.5, 0.6) is 0 Å². The molecule has 3 unspecified atom stereocenters. The van der Waals surface area contributed by atoms with Crippen molar-refractivity contribution in [2.75, 3.05) is 0 Å². The van der Waals surface area contributed by atoms with E-state index in [0.717, 1.165) is 5.57 Å². The van der Waals surface area contributed by atoms with Gasteiger partial charge in [-0.25, -0.2) is 0 Å². The van der Waals surface area contributed by atoms with E-state index in [-0.39, 0.29) is 12.3 Å². The number of rotatable bonds is 2. The molecule has 120 valence electrons. The summed E-state index contributed by atoms with van der Waals surface area (Å²) in [5, 5.41) is 9.29. The first-order valence-electron chi connectivity index (χ1n) is 6.63. The van der Waals surface area contributed by atoms with Crippen molar-refractivity contribution >= 4 is 0 Å². The van der Waals surface area contributed by atoms with Gasteiger partial charge < -0.3 is 5.11 Å². The fraction of sp³-hybridized carbons (Fsp3) is 0.714. The van der Waals surface area contributed by atoms with Crippen LogP contribution in [0.4, 0.5) is 26.3 Å². The van der Waals surface area contributed by atoms with E-state index >= 15 is 0 Å². The van der Waals surface area contributed by atoms with Crippen LogP contribution < -0.4 is 0 Å². The monoisotopic (exact) mass is 314 g/mol. The highest BCUT2D eigenvalue weighted by Gasteiger charge is 2.71. The quantitative estimate of drug-likeness (QED) is 0.750. The fourth-order valence-electron chi connectivity index (χ4n) is 3.70. The molecule has 1 nitrogen and oxygen atoms in total. The van der Waals surface area contributed by atoms with E-state index in [0.29, 0.717) is 12.0 Å². The van der Waals surface area contributed by atoms with Gasteiger partial charge in [0.05, 0.1) is 0 Å². The highest BCUT2D eigenvalue weighted by atomic mass is 19.4. The van der Waals surface area contributed by atoms with Gasteiger partial charge in [0.2, 0.25) is 0 Å². The lowest BCUT2D eigenvalue weighted by atomic mass is 9.76. The second kappa shape index (κ2) is 4.76. The zero-order valence-corrected chi connectivity index (χ0v) is 11.4. The molecule has 0 aromatic carbocycles. The summed E-state index contributed by atoms with van der Waals surface area (Å²) < 4.78 is 76.4. The van der Waals surface area contributed by atoms with E-state index in [1.165, 1.54) is 0 Å². The van der Waals surface area contributed by atoms with Gasteiger partial charge in [0, 0.05) is 0 Å². The zero-order chi connectivity index (χ0) is 16.2. The lowest BCUT2D eigenvalue weighted by Gasteiger charge is -2.37. The third kappa shape index (κ3) is 2.39. The van der Waals surface area contributed by atoms with Crippen molar-refractivity contribution < 1.29 is 31.4 Å². The molecule has 2 fully saturated rings. The number of allylic oxidation sites excluding steroid dienone is 3. The molecular formula is C14H16F6O. The van der Waals surface area contributed by atoms with Crippen molar-refractivity contribution in [2.45, 2.75) is 44.1 Å². The SMILES string of the molecule is C=C1/C(=C\C)C2CC(CC(O)(C(F)(F)F)C(F)(F)F)C1C2. The third-order valence-electron chi connectivity index (χ3n) is 4.76. The predicted molar refractivity (Wildman–Crippen MR) is 64.3 cm³/mol. The van der Waals surface area contributed by atoms with Crippen LogP contribution >= 0.6 is 0 Å². The molecular weight excluding hydrogens is 298 g/mol. The van der Waals surface area contributed by atoms with E-state index in [1.54, 1.807) is 6.92 Å². The number of alkyl halides is 6. The maximum Gasteiger partial charge on any atom is 0.426 e. The van der Waals surface area contributed by atoms with Crippen LogP contribution in [0.1, 0.15) is 26.2 Å². The summed E-state index contributed by atoms with van der Waals surface area (Å²) in [6.07, 6.45) is -10.3. The number of halogens is 6. The number of hydrogen-bond acceptors (Lipinski definition) is 1. The summed E-state index contributed by atoms with van der Waals surface area (Å²) >= 11 is 0. The van der Waals surface area contributed by atoms with Gasteiger partial charge in [-0.15, -0.1) is 0 Å². The maximum absolute atomic E-state index is 12.7. The standard InChI is InChI=1S/C14H16F6O/c1-3-10-7(2)11-5-8(10)4-9(11)6-12(21,13(15,16)17)14(18,19)20/h3,8-9,11,21H,2,4-6H2,1H3/b10-3+. The Hall–Kier alpha value is -0.980.